The number of carbonyl (C=O) groups excluding carboxylic acids is 2. The molecule has 0 bridgehead atoms. The highest BCUT2D eigenvalue weighted by Gasteiger charge is 2.26. The lowest BCUT2D eigenvalue weighted by Gasteiger charge is -2.37. The molecule has 2 aromatic rings. The first-order valence-corrected chi connectivity index (χ1v) is 11.0. The van der Waals surface area contributed by atoms with Gasteiger partial charge in [-0.15, -0.1) is 0 Å². The molecular weight excluding hydrogens is 446 g/mol. The van der Waals surface area contributed by atoms with Crippen molar-refractivity contribution in [3.8, 4) is 5.75 Å². The predicted molar refractivity (Wildman–Crippen MR) is 122 cm³/mol. The maximum Gasteiger partial charge on any atom is 0.225 e. The van der Waals surface area contributed by atoms with Gasteiger partial charge in [0.25, 0.3) is 0 Å². The minimum Gasteiger partial charge on any atom is -0.492 e. The zero-order valence-electron chi connectivity index (χ0n) is 17.4. The lowest BCUT2D eigenvalue weighted by Crippen LogP contribution is -2.49. The SMILES string of the molecule is CCOc1ccccc1N1CCN(C(=O)CC(NC(C)=O)c2ccc(Br)cc2)CC1. The third kappa shape index (κ3) is 5.75. The number of piperazine rings is 1. The third-order valence-electron chi connectivity index (χ3n) is 5.17. The Morgan fingerprint density at radius 3 is 2.37 bits per heavy atom. The van der Waals surface area contributed by atoms with Crippen molar-refractivity contribution in [3.05, 3.63) is 58.6 Å². The predicted octanol–water partition coefficient (Wildman–Crippen LogP) is 3.76. The van der Waals surface area contributed by atoms with Crippen LogP contribution in [-0.2, 0) is 9.59 Å². The number of amides is 2. The maximum atomic E-state index is 13.0. The summed E-state index contributed by atoms with van der Waals surface area (Å²) < 4.78 is 6.71. The fourth-order valence-electron chi connectivity index (χ4n) is 3.69. The van der Waals surface area contributed by atoms with Crippen molar-refractivity contribution in [1.82, 2.24) is 10.2 Å². The molecule has 1 atom stereocenters. The van der Waals surface area contributed by atoms with Gasteiger partial charge >= 0.3 is 0 Å². The van der Waals surface area contributed by atoms with E-state index in [9.17, 15) is 9.59 Å². The van der Waals surface area contributed by atoms with Crippen LogP contribution in [0.4, 0.5) is 5.69 Å². The summed E-state index contributed by atoms with van der Waals surface area (Å²) in [6.07, 6.45) is 0.247. The molecule has 3 rings (SSSR count). The van der Waals surface area contributed by atoms with E-state index >= 15 is 0 Å². The summed E-state index contributed by atoms with van der Waals surface area (Å²) in [7, 11) is 0. The summed E-state index contributed by atoms with van der Waals surface area (Å²) in [5.74, 6) is 0.781. The van der Waals surface area contributed by atoms with Crippen LogP contribution in [0, 0.1) is 0 Å². The van der Waals surface area contributed by atoms with Crippen LogP contribution in [0.5, 0.6) is 5.75 Å². The van der Waals surface area contributed by atoms with Gasteiger partial charge in [-0.2, -0.15) is 0 Å². The van der Waals surface area contributed by atoms with E-state index in [2.05, 4.69) is 32.2 Å². The molecule has 160 valence electrons. The molecule has 1 fully saturated rings. The Bertz CT molecular complexity index is 864. The number of ether oxygens (including phenoxy) is 1. The summed E-state index contributed by atoms with van der Waals surface area (Å²) in [6.45, 7) is 6.86. The van der Waals surface area contributed by atoms with Crippen molar-refractivity contribution in [3.63, 3.8) is 0 Å². The number of nitrogens with one attached hydrogen (secondary N) is 1. The molecule has 7 heteroatoms. The van der Waals surface area contributed by atoms with Gasteiger partial charge in [-0.3, -0.25) is 9.59 Å². The number of nitrogens with zero attached hydrogens (tertiary/aromatic N) is 2. The smallest absolute Gasteiger partial charge is 0.225 e. The van der Waals surface area contributed by atoms with E-state index < -0.39 is 0 Å². The molecule has 0 spiro atoms. The number of benzene rings is 2. The Labute approximate surface area is 186 Å². The first-order chi connectivity index (χ1) is 14.5. The van der Waals surface area contributed by atoms with Gasteiger partial charge in [-0.1, -0.05) is 40.2 Å². The molecule has 1 aliphatic rings. The summed E-state index contributed by atoms with van der Waals surface area (Å²) in [6, 6.07) is 15.4. The summed E-state index contributed by atoms with van der Waals surface area (Å²) in [4.78, 5) is 28.8. The highest BCUT2D eigenvalue weighted by molar-refractivity contribution is 9.10. The molecule has 30 heavy (non-hydrogen) atoms. The van der Waals surface area contributed by atoms with Crippen molar-refractivity contribution < 1.29 is 14.3 Å². The Kier molecular flexibility index (Phi) is 7.74. The second kappa shape index (κ2) is 10.5. The van der Waals surface area contributed by atoms with Crippen LogP contribution in [0.25, 0.3) is 0 Å². The van der Waals surface area contributed by atoms with Crippen molar-refractivity contribution in [2.24, 2.45) is 0 Å². The van der Waals surface area contributed by atoms with E-state index in [1.54, 1.807) is 0 Å². The van der Waals surface area contributed by atoms with Gasteiger partial charge in [0.15, 0.2) is 0 Å². The Balaban J connectivity index is 1.62. The number of carbonyl (C=O) groups is 2. The van der Waals surface area contributed by atoms with E-state index in [0.29, 0.717) is 19.7 Å². The molecule has 1 N–H and O–H groups in total. The van der Waals surface area contributed by atoms with Crippen LogP contribution < -0.4 is 15.0 Å². The first-order valence-electron chi connectivity index (χ1n) is 10.2. The largest absolute Gasteiger partial charge is 0.492 e. The Morgan fingerprint density at radius 2 is 1.73 bits per heavy atom. The highest BCUT2D eigenvalue weighted by atomic mass is 79.9. The molecule has 0 aliphatic carbocycles. The fraction of sp³-hybridized carbons (Fsp3) is 0.391. The van der Waals surface area contributed by atoms with Crippen LogP contribution in [0.1, 0.15) is 31.9 Å². The van der Waals surface area contributed by atoms with Gasteiger partial charge in [-0.25, -0.2) is 0 Å². The van der Waals surface area contributed by atoms with Crippen LogP contribution in [-0.4, -0.2) is 49.5 Å². The monoisotopic (exact) mass is 473 g/mol. The zero-order chi connectivity index (χ0) is 21.5. The standard InChI is InChI=1S/C23H28BrN3O3/c1-3-30-22-7-5-4-6-21(22)26-12-14-27(15-13-26)23(29)16-20(25-17(2)28)18-8-10-19(24)11-9-18/h4-11,20H,3,12-16H2,1-2H3,(H,25,28). The number of halogens is 1. The molecule has 0 aromatic heterocycles. The molecule has 1 unspecified atom stereocenters. The maximum absolute atomic E-state index is 13.0. The molecule has 0 saturated carbocycles. The van der Waals surface area contributed by atoms with Crippen molar-refractivity contribution in [2.75, 3.05) is 37.7 Å². The Hall–Kier alpha value is -2.54. The van der Waals surface area contributed by atoms with Gasteiger partial charge in [0.2, 0.25) is 11.8 Å². The van der Waals surface area contributed by atoms with Gasteiger partial charge in [-0.05, 0) is 36.8 Å². The minimum atomic E-state index is -0.334. The molecule has 2 aromatic carbocycles. The molecular formula is C23H28BrN3O3. The van der Waals surface area contributed by atoms with Crippen molar-refractivity contribution in [1.29, 1.82) is 0 Å². The number of hydrogen-bond acceptors (Lipinski definition) is 4. The lowest BCUT2D eigenvalue weighted by atomic mass is 10.0. The number of para-hydroxylation sites is 2. The topological polar surface area (TPSA) is 61.9 Å². The number of rotatable bonds is 7. The average molecular weight is 474 g/mol. The summed E-state index contributed by atoms with van der Waals surface area (Å²) >= 11 is 3.42. The molecule has 1 aliphatic heterocycles. The van der Waals surface area contributed by atoms with Crippen LogP contribution in [0.2, 0.25) is 0 Å². The van der Waals surface area contributed by atoms with E-state index in [1.807, 2.05) is 54.3 Å². The minimum absolute atomic E-state index is 0.0504. The first kappa shape index (κ1) is 22.2. The summed E-state index contributed by atoms with van der Waals surface area (Å²) in [5, 5.41) is 2.91. The van der Waals surface area contributed by atoms with Gasteiger partial charge in [0.05, 0.1) is 24.8 Å². The van der Waals surface area contributed by atoms with E-state index in [0.717, 1.165) is 34.6 Å². The third-order valence-corrected chi connectivity index (χ3v) is 5.70. The van der Waals surface area contributed by atoms with Crippen LogP contribution >= 0.6 is 15.9 Å². The van der Waals surface area contributed by atoms with Crippen molar-refractivity contribution in [2.45, 2.75) is 26.3 Å². The zero-order valence-corrected chi connectivity index (χ0v) is 19.0. The van der Waals surface area contributed by atoms with Gasteiger partial charge < -0.3 is 19.9 Å². The number of hydrogen-bond donors (Lipinski definition) is 1. The second-order valence-electron chi connectivity index (χ2n) is 7.28. The normalized spacial score (nSPS) is 14.9. The van der Waals surface area contributed by atoms with Crippen LogP contribution in [0.15, 0.2) is 53.0 Å². The molecule has 6 nitrogen and oxygen atoms in total. The van der Waals surface area contributed by atoms with E-state index in [-0.39, 0.29) is 24.3 Å². The van der Waals surface area contributed by atoms with Crippen molar-refractivity contribution >= 4 is 33.4 Å². The van der Waals surface area contributed by atoms with Crippen LogP contribution in [0.3, 0.4) is 0 Å². The van der Waals surface area contributed by atoms with Gasteiger partial charge in [0.1, 0.15) is 5.75 Å². The van der Waals surface area contributed by atoms with E-state index in [4.69, 9.17) is 4.74 Å². The second-order valence-corrected chi connectivity index (χ2v) is 8.19. The lowest BCUT2D eigenvalue weighted by molar-refractivity contribution is -0.132. The molecule has 2 amide bonds. The van der Waals surface area contributed by atoms with Gasteiger partial charge in [0, 0.05) is 37.6 Å². The average Bonchev–Trinajstić information content (AvgIpc) is 2.74. The Morgan fingerprint density at radius 1 is 1.07 bits per heavy atom. The molecule has 1 saturated heterocycles. The van der Waals surface area contributed by atoms with E-state index in [1.165, 1.54) is 6.92 Å². The fourth-order valence-corrected chi connectivity index (χ4v) is 3.95. The highest BCUT2D eigenvalue weighted by Crippen LogP contribution is 2.29. The molecule has 0 radical (unpaired) electrons. The number of anilines is 1. The summed E-state index contributed by atoms with van der Waals surface area (Å²) in [5.41, 5.74) is 1.99. The quantitative estimate of drug-likeness (QED) is 0.664. The molecule has 1 heterocycles.